The molecule has 0 bridgehead atoms. The molecule has 0 saturated carbocycles. The lowest BCUT2D eigenvalue weighted by Crippen LogP contribution is -2.37. The summed E-state index contributed by atoms with van der Waals surface area (Å²) in [5.41, 5.74) is 1.35. The second-order valence-corrected chi connectivity index (χ2v) is 11.0. The van der Waals surface area contributed by atoms with Gasteiger partial charge in [0, 0.05) is 32.0 Å². The van der Waals surface area contributed by atoms with Gasteiger partial charge in [0.05, 0.1) is 14.4 Å². The fourth-order valence-electron chi connectivity index (χ4n) is 1.98. The molecule has 0 spiro atoms. The van der Waals surface area contributed by atoms with E-state index in [0.717, 1.165) is 19.6 Å². The minimum absolute atomic E-state index is 0.931. The Morgan fingerprint density at radius 3 is 2.47 bits per heavy atom. The molecule has 0 unspecified atom stereocenters. The summed E-state index contributed by atoms with van der Waals surface area (Å²) >= 11 is 0. The van der Waals surface area contributed by atoms with Crippen LogP contribution in [0.1, 0.15) is 5.56 Å². The zero-order valence-corrected chi connectivity index (χ0v) is 13.1. The molecule has 19 heavy (non-hydrogen) atoms. The first kappa shape index (κ1) is 14.0. The van der Waals surface area contributed by atoms with Crippen molar-refractivity contribution < 1.29 is 0 Å². The largest absolute Gasteiger partial charge is 0.336 e. The minimum atomic E-state index is -1.16. The SMILES string of the molecule is C[Si](C)(C)c1ccc(CNCCn2ccnc2)cc1. The summed E-state index contributed by atoms with van der Waals surface area (Å²) in [4.78, 5) is 4.03. The molecule has 3 nitrogen and oxygen atoms in total. The molecule has 0 radical (unpaired) electrons. The first-order chi connectivity index (χ1) is 9.05. The van der Waals surface area contributed by atoms with Crippen LogP contribution in [0.15, 0.2) is 43.0 Å². The molecule has 4 heteroatoms. The van der Waals surface area contributed by atoms with Crippen molar-refractivity contribution in [2.24, 2.45) is 0 Å². The van der Waals surface area contributed by atoms with Crippen molar-refractivity contribution in [3.05, 3.63) is 48.5 Å². The van der Waals surface area contributed by atoms with Gasteiger partial charge >= 0.3 is 0 Å². The molecule has 1 aromatic carbocycles. The summed E-state index contributed by atoms with van der Waals surface area (Å²) in [7, 11) is -1.16. The van der Waals surface area contributed by atoms with Gasteiger partial charge in [0.15, 0.2) is 0 Å². The molecule has 0 fully saturated rings. The maximum absolute atomic E-state index is 4.03. The summed E-state index contributed by atoms with van der Waals surface area (Å²) in [6.07, 6.45) is 5.66. The third-order valence-electron chi connectivity index (χ3n) is 3.26. The molecular weight excluding hydrogens is 250 g/mol. The average Bonchev–Trinajstić information content (AvgIpc) is 2.87. The van der Waals surface area contributed by atoms with Gasteiger partial charge < -0.3 is 9.88 Å². The molecule has 1 heterocycles. The summed E-state index contributed by atoms with van der Waals surface area (Å²) in [5.74, 6) is 0. The number of imidazole rings is 1. The Morgan fingerprint density at radius 2 is 1.89 bits per heavy atom. The van der Waals surface area contributed by atoms with E-state index in [1.807, 2.05) is 18.7 Å². The second-order valence-electron chi connectivity index (χ2n) is 5.92. The topological polar surface area (TPSA) is 29.9 Å². The van der Waals surface area contributed by atoms with Gasteiger partial charge in [-0.25, -0.2) is 4.98 Å². The van der Waals surface area contributed by atoms with E-state index in [1.165, 1.54) is 10.8 Å². The Kier molecular flexibility index (Phi) is 4.55. The Morgan fingerprint density at radius 1 is 1.16 bits per heavy atom. The smallest absolute Gasteiger partial charge is 0.0946 e. The Bertz CT molecular complexity index is 483. The molecule has 0 amide bonds. The van der Waals surface area contributed by atoms with Crippen LogP contribution < -0.4 is 10.5 Å². The molecule has 2 rings (SSSR count). The van der Waals surface area contributed by atoms with Gasteiger partial charge in [0.1, 0.15) is 0 Å². The van der Waals surface area contributed by atoms with Crippen LogP contribution in [0.3, 0.4) is 0 Å². The van der Waals surface area contributed by atoms with Gasteiger partial charge in [0.2, 0.25) is 0 Å². The number of nitrogens with zero attached hydrogens (tertiary/aromatic N) is 2. The van der Waals surface area contributed by atoms with Crippen LogP contribution in [0.5, 0.6) is 0 Å². The number of hydrogen-bond donors (Lipinski definition) is 1. The predicted octanol–water partition coefficient (Wildman–Crippen LogP) is 2.22. The first-order valence-corrected chi connectivity index (χ1v) is 10.3. The van der Waals surface area contributed by atoms with Crippen LogP contribution in [0.2, 0.25) is 19.6 Å². The van der Waals surface area contributed by atoms with E-state index in [2.05, 4.69) is 58.8 Å². The van der Waals surface area contributed by atoms with E-state index < -0.39 is 8.07 Å². The molecule has 0 atom stereocenters. The standard InChI is InChI=1S/C15H23N3Si/c1-19(2,3)15-6-4-14(5-7-15)12-16-8-10-18-11-9-17-13-18/h4-7,9,11,13,16H,8,10,12H2,1-3H3. The van der Waals surface area contributed by atoms with E-state index in [1.54, 1.807) is 0 Å². The van der Waals surface area contributed by atoms with E-state index >= 15 is 0 Å². The zero-order valence-electron chi connectivity index (χ0n) is 12.1. The summed E-state index contributed by atoms with van der Waals surface area (Å²) < 4.78 is 2.08. The van der Waals surface area contributed by atoms with Crippen molar-refractivity contribution in [3.8, 4) is 0 Å². The third kappa shape index (κ3) is 4.33. The van der Waals surface area contributed by atoms with Crippen LogP contribution >= 0.6 is 0 Å². The second kappa shape index (κ2) is 6.17. The highest BCUT2D eigenvalue weighted by molar-refractivity contribution is 6.88. The van der Waals surface area contributed by atoms with Crippen molar-refractivity contribution >= 4 is 13.3 Å². The van der Waals surface area contributed by atoms with Crippen LogP contribution in [-0.2, 0) is 13.1 Å². The minimum Gasteiger partial charge on any atom is -0.336 e. The van der Waals surface area contributed by atoms with Crippen molar-refractivity contribution in [2.75, 3.05) is 6.54 Å². The highest BCUT2D eigenvalue weighted by atomic mass is 28.3. The Hall–Kier alpha value is -1.39. The lowest BCUT2D eigenvalue weighted by atomic mass is 10.2. The van der Waals surface area contributed by atoms with E-state index in [4.69, 9.17) is 0 Å². The molecule has 2 aromatic rings. The number of benzene rings is 1. The van der Waals surface area contributed by atoms with Crippen LogP contribution in [0.4, 0.5) is 0 Å². The van der Waals surface area contributed by atoms with Crippen molar-refractivity contribution in [1.29, 1.82) is 0 Å². The average molecular weight is 273 g/mol. The normalized spacial score (nSPS) is 11.7. The first-order valence-electron chi connectivity index (χ1n) is 6.81. The molecule has 0 aliphatic heterocycles. The van der Waals surface area contributed by atoms with Crippen molar-refractivity contribution in [2.45, 2.75) is 32.7 Å². The number of aromatic nitrogens is 2. The van der Waals surface area contributed by atoms with E-state index in [9.17, 15) is 0 Å². The van der Waals surface area contributed by atoms with Crippen LogP contribution in [0, 0.1) is 0 Å². The van der Waals surface area contributed by atoms with E-state index in [-0.39, 0.29) is 0 Å². The molecule has 1 N–H and O–H groups in total. The molecular formula is C15H23N3Si. The maximum Gasteiger partial charge on any atom is 0.0946 e. The van der Waals surface area contributed by atoms with Crippen molar-refractivity contribution in [1.82, 2.24) is 14.9 Å². The summed E-state index contributed by atoms with van der Waals surface area (Å²) in [6.45, 7) is 10.0. The van der Waals surface area contributed by atoms with Gasteiger partial charge in [-0.1, -0.05) is 49.1 Å². The van der Waals surface area contributed by atoms with Crippen LogP contribution in [-0.4, -0.2) is 24.2 Å². The van der Waals surface area contributed by atoms with Gasteiger partial charge in [-0.15, -0.1) is 0 Å². The molecule has 102 valence electrons. The Labute approximate surface area is 116 Å². The highest BCUT2D eigenvalue weighted by Gasteiger charge is 2.15. The lowest BCUT2D eigenvalue weighted by molar-refractivity contribution is 0.597. The molecule has 0 aliphatic carbocycles. The van der Waals surface area contributed by atoms with Crippen LogP contribution in [0.25, 0.3) is 0 Å². The number of nitrogens with one attached hydrogen (secondary N) is 1. The van der Waals surface area contributed by atoms with E-state index in [0.29, 0.717) is 0 Å². The maximum atomic E-state index is 4.03. The zero-order chi connectivity index (χ0) is 13.7. The summed E-state index contributed by atoms with van der Waals surface area (Å²) in [6, 6.07) is 9.08. The van der Waals surface area contributed by atoms with Gasteiger partial charge in [-0.2, -0.15) is 0 Å². The Balaban J connectivity index is 1.77. The fourth-order valence-corrected chi connectivity index (χ4v) is 3.15. The third-order valence-corrected chi connectivity index (χ3v) is 5.32. The monoisotopic (exact) mass is 273 g/mol. The molecule has 0 aliphatic rings. The lowest BCUT2D eigenvalue weighted by Gasteiger charge is -2.16. The van der Waals surface area contributed by atoms with Crippen molar-refractivity contribution in [3.63, 3.8) is 0 Å². The molecule has 1 aromatic heterocycles. The highest BCUT2D eigenvalue weighted by Crippen LogP contribution is 2.04. The predicted molar refractivity (Wildman–Crippen MR) is 83.4 cm³/mol. The molecule has 0 saturated heterocycles. The van der Waals surface area contributed by atoms with Gasteiger partial charge in [0.25, 0.3) is 0 Å². The quantitative estimate of drug-likeness (QED) is 0.646. The van der Waals surface area contributed by atoms with Gasteiger partial charge in [-0.05, 0) is 5.56 Å². The number of hydrogen-bond acceptors (Lipinski definition) is 2. The fraction of sp³-hybridized carbons (Fsp3) is 0.400. The summed E-state index contributed by atoms with van der Waals surface area (Å²) in [5, 5.41) is 4.98. The number of rotatable bonds is 6. The van der Waals surface area contributed by atoms with Gasteiger partial charge in [-0.3, -0.25) is 0 Å².